The summed E-state index contributed by atoms with van der Waals surface area (Å²) in [5.74, 6) is 0.0582. The number of Topliss-reactive ketones (excluding diaryl/α,β-unsaturated/α-hetero) is 1. The first kappa shape index (κ1) is 23.2. The van der Waals surface area contributed by atoms with Gasteiger partial charge < -0.3 is 29.0 Å². The van der Waals surface area contributed by atoms with E-state index in [2.05, 4.69) is 4.90 Å². The average Bonchev–Trinajstić information content (AvgIpc) is 3.16. The molecular formula is C26H28N2O7. The van der Waals surface area contributed by atoms with Gasteiger partial charge in [0.2, 0.25) is 0 Å². The van der Waals surface area contributed by atoms with Crippen molar-refractivity contribution < 1.29 is 33.6 Å². The van der Waals surface area contributed by atoms with E-state index in [0.717, 1.165) is 13.1 Å². The van der Waals surface area contributed by atoms with Gasteiger partial charge in [-0.3, -0.25) is 14.5 Å². The third kappa shape index (κ3) is 4.56. The highest BCUT2D eigenvalue weighted by Gasteiger charge is 2.46. The summed E-state index contributed by atoms with van der Waals surface area (Å²) in [6, 6.07) is 11.5. The van der Waals surface area contributed by atoms with Gasteiger partial charge in [0.15, 0.2) is 11.5 Å². The summed E-state index contributed by atoms with van der Waals surface area (Å²) in [6.07, 6.45) is 0. The predicted molar refractivity (Wildman–Crippen MR) is 127 cm³/mol. The van der Waals surface area contributed by atoms with E-state index >= 15 is 0 Å². The molecule has 1 unspecified atom stereocenters. The summed E-state index contributed by atoms with van der Waals surface area (Å²) in [5.41, 5.74) is 1.11. The van der Waals surface area contributed by atoms with Crippen molar-refractivity contribution >= 4 is 17.4 Å². The smallest absolute Gasteiger partial charge is 0.295 e. The van der Waals surface area contributed by atoms with Crippen molar-refractivity contribution in [3.8, 4) is 17.2 Å². The highest BCUT2D eigenvalue weighted by Crippen LogP contribution is 2.41. The van der Waals surface area contributed by atoms with E-state index in [-0.39, 0.29) is 11.3 Å². The lowest BCUT2D eigenvalue weighted by Crippen LogP contribution is -2.42. The number of hydrogen-bond acceptors (Lipinski definition) is 8. The van der Waals surface area contributed by atoms with E-state index in [1.807, 2.05) is 6.07 Å². The number of rotatable bonds is 6. The Bertz CT molecular complexity index is 1160. The fraction of sp³-hybridized carbons (Fsp3) is 0.385. The van der Waals surface area contributed by atoms with Gasteiger partial charge in [-0.05, 0) is 35.9 Å². The molecule has 1 amide bonds. The first-order chi connectivity index (χ1) is 17.1. The summed E-state index contributed by atoms with van der Waals surface area (Å²) < 4.78 is 22.0. The molecule has 0 aromatic heterocycles. The summed E-state index contributed by atoms with van der Waals surface area (Å²) in [5, 5.41) is 11.3. The Morgan fingerprint density at radius 2 is 1.77 bits per heavy atom. The maximum absolute atomic E-state index is 13.3. The van der Waals surface area contributed by atoms with Crippen LogP contribution in [0.4, 0.5) is 0 Å². The minimum atomic E-state index is -0.751. The van der Waals surface area contributed by atoms with Gasteiger partial charge in [0.05, 0.1) is 31.9 Å². The van der Waals surface area contributed by atoms with Crippen molar-refractivity contribution in [2.45, 2.75) is 6.04 Å². The van der Waals surface area contributed by atoms with Crippen molar-refractivity contribution in [2.75, 3.05) is 59.7 Å². The van der Waals surface area contributed by atoms with Gasteiger partial charge in [0, 0.05) is 31.7 Å². The van der Waals surface area contributed by atoms with Gasteiger partial charge in [-0.2, -0.15) is 0 Å². The first-order valence-electron chi connectivity index (χ1n) is 11.7. The second-order valence-corrected chi connectivity index (χ2v) is 8.58. The fourth-order valence-corrected chi connectivity index (χ4v) is 4.69. The van der Waals surface area contributed by atoms with E-state index in [4.69, 9.17) is 18.9 Å². The highest BCUT2D eigenvalue weighted by atomic mass is 16.6. The molecule has 2 fully saturated rings. The Morgan fingerprint density at radius 1 is 1.00 bits per heavy atom. The Kier molecular flexibility index (Phi) is 6.61. The Balaban J connectivity index is 1.54. The number of ketones is 1. The maximum Gasteiger partial charge on any atom is 0.295 e. The zero-order valence-electron chi connectivity index (χ0n) is 19.6. The number of hydrogen-bond donors (Lipinski definition) is 1. The van der Waals surface area contributed by atoms with E-state index in [1.165, 1.54) is 4.90 Å². The summed E-state index contributed by atoms with van der Waals surface area (Å²) in [4.78, 5) is 30.2. The number of morpholine rings is 1. The topological polar surface area (TPSA) is 97.8 Å². The maximum atomic E-state index is 13.3. The van der Waals surface area contributed by atoms with E-state index < -0.39 is 17.7 Å². The molecule has 5 rings (SSSR count). The Morgan fingerprint density at radius 3 is 2.54 bits per heavy atom. The molecule has 1 atom stereocenters. The molecular weight excluding hydrogens is 452 g/mol. The molecule has 9 heteroatoms. The number of nitrogens with zero attached hydrogens (tertiary/aromatic N) is 2. The van der Waals surface area contributed by atoms with Crippen LogP contribution in [0.25, 0.3) is 5.76 Å². The molecule has 3 aliphatic heterocycles. The van der Waals surface area contributed by atoms with Crippen LogP contribution in [-0.4, -0.2) is 86.3 Å². The molecule has 2 aromatic carbocycles. The van der Waals surface area contributed by atoms with Crippen molar-refractivity contribution in [1.29, 1.82) is 0 Å². The van der Waals surface area contributed by atoms with Crippen molar-refractivity contribution in [3.63, 3.8) is 0 Å². The van der Waals surface area contributed by atoms with Gasteiger partial charge in [0.1, 0.15) is 24.7 Å². The van der Waals surface area contributed by atoms with E-state index in [1.54, 1.807) is 43.5 Å². The lowest BCUT2D eigenvalue weighted by Gasteiger charge is -2.31. The number of benzene rings is 2. The minimum Gasteiger partial charge on any atom is -0.507 e. The summed E-state index contributed by atoms with van der Waals surface area (Å²) in [7, 11) is 1.56. The largest absolute Gasteiger partial charge is 0.507 e. The predicted octanol–water partition coefficient (Wildman–Crippen LogP) is 2.22. The van der Waals surface area contributed by atoms with Gasteiger partial charge >= 0.3 is 0 Å². The van der Waals surface area contributed by atoms with Crippen LogP contribution in [0, 0.1) is 0 Å². The monoisotopic (exact) mass is 480 g/mol. The van der Waals surface area contributed by atoms with Crippen LogP contribution < -0.4 is 14.2 Å². The molecule has 184 valence electrons. The molecule has 2 aromatic rings. The molecule has 0 bridgehead atoms. The Hall–Kier alpha value is -3.56. The number of likely N-dealkylation sites (tertiary alicyclic amines) is 1. The van der Waals surface area contributed by atoms with E-state index in [0.29, 0.717) is 67.9 Å². The van der Waals surface area contributed by atoms with Gasteiger partial charge in [-0.25, -0.2) is 0 Å². The quantitative estimate of drug-likeness (QED) is 0.382. The van der Waals surface area contributed by atoms with Crippen LogP contribution in [0.2, 0.25) is 0 Å². The SMILES string of the molecule is COc1cccc(C2/C(=C(/O)c3ccc4c(c3)OCCO4)C(=O)C(=O)N2CCN2CCOCC2)c1. The molecule has 0 aliphatic carbocycles. The molecule has 2 saturated heterocycles. The zero-order chi connectivity index (χ0) is 24.4. The Labute approximate surface area is 203 Å². The van der Waals surface area contributed by atoms with Gasteiger partial charge in [0.25, 0.3) is 11.7 Å². The van der Waals surface area contributed by atoms with Crippen LogP contribution in [0.15, 0.2) is 48.0 Å². The second kappa shape index (κ2) is 9.97. The lowest BCUT2D eigenvalue weighted by molar-refractivity contribution is -0.140. The van der Waals surface area contributed by atoms with Gasteiger partial charge in [-0.1, -0.05) is 12.1 Å². The molecule has 0 spiro atoms. The van der Waals surface area contributed by atoms with Crippen molar-refractivity contribution in [1.82, 2.24) is 9.80 Å². The lowest BCUT2D eigenvalue weighted by atomic mass is 9.95. The van der Waals surface area contributed by atoms with Gasteiger partial charge in [-0.15, -0.1) is 0 Å². The number of aliphatic hydroxyl groups is 1. The van der Waals surface area contributed by atoms with E-state index in [9.17, 15) is 14.7 Å². The molecule has 9 nitrogen and oxygen atoms in total. The zero-order valence-corrected chi connectivity index (χ0v) is 19.6. The standard InChI is InChI=1S/C26H28N2O7/c1-32-19-4-2-3-17(15-19)23-22(24(29)18-5-6-20-21(16-18)35-14-13-34-20)25(30)26(31)28(23)8-7-27-9-11-33-12-10-27/h2-6,15-16,23,29H,7-14H2,1H3/b24-22-. The van der Waals surface area contributed by atoms with Crippen molar-refractivity contribution in [2.24, 2.45) is 0 Å². The minimum absolute atomic E-state index is 0.0434. The molecule has 1 N–H and O–H groups in total. The number of methoxy groups -OCH3 is 1. The average molecular weight is 481 g/mol. The summed E-state index contributed by atoms with van der Waals surface area (Å²) in [6.45, 7) is 4.60. The first-order valence-corrected chi connectivity index (χ1v) is 11.7. The number of ether oxygens (including phenoxy) is 4. The number of carbonyl (C=O) groups excluding carboxylic acids is 2. The number of carbonyl (C=O) groups is 2. The van der Waals surface area contributed by atoms with Crippen LogP contribution in [0.1, 0.15) is 17.2 Å². The molecule has 3 aliphatic rings. The van der Waals surface area contributed by atoms with Crippen LogP contribution in [0.3, 0.4) is 0 Å². The molecule has 3 heterocycles. The van der Waals surface area contributed by atoms with Crippen LogP contribution >= 0.6 is 0 Å². The third-order valence-corrected chi connectivity index (χ3v) is 6.53. The number of fused-ring (bicyclic) bond motifs is 1. The third-order valence-electron chi connectivity index (χ3n) is 6.53. The fourth-order valence-electron chi connectivity index (χ4n) is 4.69. The molecule has 35 heavy (non-hydrogen) atoms. The van der Waals surface area contributed by atoms with Crippen molar-refractivity contribution in [3.05, 3.63) is 59.2 Å². The normalized spacial score (nSPS) is 21.9. The summed E-state index contributed by atoms with van der Waals surface area (Å²) >= 11 is 0. The second-order valence-electron chi connectivity index (χ2n) is 8.58. The number of aliphatic hydroxyl groups excluding tert-OH is 1. The van der Waals surface area contributed by atoms with Crippen LogP contribution in [0.5, 0.6) is 17.2 Å². The number of amides is 1. The van der Waals surface area contributed by atoms with Crippen LogP contribution in [-0.2, 0) is 14.3 Å². The molecule has 0 radical (unpaired) electrons. The highest BCUT2D eigenvalue weighted by molar-refractivity contribution is 6.46. The molecule has 0 saturated carbocycles.